The zero-order chi connectivity index (χ0) is 13.4. The second-order valence-electron chi connectivity index (χ2n) is 4.13. The van der Waals surface area contributed by atoms with Crippen molar-refractivity contribution >= 4 is 21.7 Å². The fourth-order valence-electron chi connectivity index (χ4n) is 2.06. The molecular formula is C15H10O4. The average molecular weight is 254 g/mol. The van der Waals surface area contributed by atoms with Crippen LogP contribution in [0.5, 0.6) is 5.75 Å². The summed E-state index contributed by atoms with van der Waals surface area (Å²) in [6.07, 6.45) is 0. The molecule has 4 heteroatoms. The van der Waals surface area contributed by atoms with Crippen LogP contribution < -0.4 is 15.8 Å². The number of rotatable bonds is 1. The standard InChI is InChI=1S/C15H10O4/c1-18-9-6-7-12-13(8-9)19-15(17)11-5-3-2-4-10(11)14(12)16/h2-8H,1H3. The Labute approximate surface area is 107 Å². The minimum Gasteiger partial charge on any atom is -0.497 e. The van der Waals surface area contributed by atoms with Crippen molar-refractivity contribution in [1.82, 2.24) is 0 Å². The molecule has 94 valence electrons. The molecule has 0 amide bonds. The fourth-order valence-corrected chi connectivity index (χ4v) is 2.06. The lowest BCUT2D eigenvalue weighted by molar-refractivity contribution is 0.414. The molecule has 0 atom stereocenters. The molecule has 0 bridgehead atoms. The monoisotopic (exact) mass is 254 g/mol. The summed E-state index contributed by atoms with van der Waals surface area (Å²) in [5, 5.41) is 0.998. The van der Waals surface area contributed by atoms with Gasteiger partial charge in [-0.3, -0.25) is 4.79 Å². The van der Waals surface area contributed by atoms with E-state index in [1.807, 2.05) is 0 Å². The zero-order valence-corrected chi connectivity index (χ0v) is 10.2. The van der Waals surface area contributed by atoms with E-state index < -0.39 is 5.63 Å². The summed E-state index contributed by atoms with van der Waals surface area (Å²) in [7, 11) is 1.51. The van der Waals surface area contributed by atoms with E-state index in [0.29, 0.717) is 16.5 Å². The highest BCUT2D eigenvalue weighted by atomic mass is 16.5. The maximum atomic E-state index is 12.4. The molecule has 0 spiro atoms. The minimum atomic E-state index is -0.532. The van der Waals surface area contributed by atoms with Crippen LogP contribution in [0.4, 0.5) is 0 Å². The van der Waals surface area contributed by atoms with Crippen molar-refractivity contribution in [2.75, 3.05) is 7.11 Å². The number of hydrogen-bond donors (Lipinski definition) is 0. The minimum absolute atomic E-state index is 0.223. The van der Waals surface area contributed by atoms with Gasteiger partial charge in [-0.15, -0.1) is 0 Å². The van der Waals surface area contributed by atoms with Gasteiger partial charge in [0, 0.05) is 11.5 Å². The van der Waals surface area contributed by atoms with Gasteiger partial charge in [0.25, 0.3) is 0 Å². The Morgan fingerprint density at radius 3 is 2.42 bits per heavy atom. The van der Waals surface area contributed by atoms with Gasteiger partial charge in [-0.05, 0) is 18.2 Å². The molecule has 4 nitrogen and oxygen atoms in total. The number of hydrogen-bond acceptors (Lipinski definition) is 4. The molecule has 0 radical (unpaired) electrons. The van der Waals surface area contributed by atoms with Crippen LogP contribution in [0.25, 0.3) is 21.7 Å². The Kier molecular flexibility index (Phi) is 2.56. The summed E-state index contributed by atoms with van der Waals surface area (Å²) in [6.45, 7) is 0. The zero-order valence-electron chi connectivity index (χ0n) is 10.2. The summed E-state index contributed by atoms with van der Waals surface area (Å²) in [6, 6.07) is 11.4. The van der Waals surface area contributed by atoms with Gasteiger partial charge < -0.3 is 9.15 Å². The van der Waals surface area contributed by atoms with Crippen molar-refractivity contribution in [3.05, 3.63) is 63.1 Å². The Balaban J connectivity index is 2.64. The van der Waals surface area contributed by atoms with E-state index in [0.717, 1.165) is 0 Å². The van der Waals surface area contributed by atoms with Crippen molar-refractivity contribution in [3.8, 4) is 5.75 Å². The SMILES string of the molecule is COc1ccc2c(=O)c3ccccc3c(=O)oc2c1. The molecule has 0 aliphatic rings. The molecule has 0 saturated carbocycles. The topological polar surface area (TPSA) is 56.5 Å². The second kappa shape index (κ2) is 4.24. The molecule has 0 saturated heterocycles. The van der Waals surface area contributed by atoms with E-state index in [4.69, 9.17) is 9.15 Å². The molecule has 2 aromatic carbocycles. The summed E-state index contributed by atoms with van der Waals surface area (Å²) in [5.41, 5.74) is -0.527. The van der Waals surface area contributed by atoms with Gasteiger partial charge >= 0.3 is 5.63 Å². The van der Waals surface area contributed by atoms with Gasteiger partial charge in [-0.1, -0.05) is 18.2 Å². The Hall–Kier alpha value is -2.62. The lowest BCUT2D eigenvalue weighted by Gasteiger charge is -1.97. The molecular weight excluding hydrogens is 244 g/mol. The number of methoxy groups -OCH3 is 1. The third kappa shape index (κ3) is 1.78. The maximum absolute atomic E-state index is 12.4. The molecule has 0 N–H and O–H groups in total. The molecule has 1 heterocycles. The fraction of sp³-hybridized carbons (Fsp3) is 0.0667. The van der Waals surface area contributed by atoms with Crippen molar-refractivity contribution in [3.63, 3.8) is 0 Å². The van der Waals surface area contributed by atoms with Crippen LogP contribution in [0.2, 0.25) is 0 Å². The predicted molar refractivity (Wildman–Crippen MR) is 72.8 cm³/mol. The number of benzene rings is 2. The molecule has 3 aromatic rings. The number of fused-ring (bicyclic) bond motifs is 2. The van der Waals surface area contributed by atoms with Crippen molar-refractivity contribution in [2.45, 2.75) is 0 Å². The Morgan fingerprint density at radius 2 is 1.68 bits per heavy atom. The van der Waals surface area contributed by atoms with Crippen molar-refractivity contribution in [2.24, 2.45) is 0 Å². The number of ether oxygens (including phenoxy) is 1. The Bertz CT molecular complexity index is 893. The average Bonchev–Trinajstić information content (AvgIpc) is 2.55. The molecule has 0 unspecified atom stereocenters. The summed E-state index contributed by atoms with van der Waals surface area (Å²) >= 11 is 0. The normalized spacial score (nSPS) is 10.8. The molecule has 19 heavy (non-hydrogen) atoms. The highest BCUT2D eigenvalue weighted by molar-refractivity contribution is 5.89. The third-order valence-electron chi connectivity index (χ3n) is 3.03. The lowest BCUT2D eigenvalue weighted by Crippen LogP contribution is -2.00. The van der Waals surface area contributed by atoms with Crippen LogP contribution in [0.1, 0.15) is 0 Å². The predicted octanol–water partition coefficient (Wildman–Crippen LogP) is 2.32. The molecule has 0 fully saturated rings. The van der Waals surface area contributed by atoms with Crippen LogP contribution in [0, 0.1) is 0 Å². The van der Waals surface area contributed by atoms with Crippen LogP contribution >= 0.6 is 0 Å². The van der Waals surface area contributed by atoms with Crippen LogP contribution in [0.3, 0.4) is 0 Å². The van der Waals surface area contributed by atoms with Gasteiger partial charge in [0.05, 0.1) is 17.9 Å². The van der Waals surface area contributed by atoms with E-state index in [9.17, 15) is 9.59 Å². The van der Waals surface area contributed by atoms with E-state index in [-0.39, 0.29) is 16.4 Å². The van der Waals surface area contributed by atoms with Crippen molar-refractivity contribution in [1.29, 1.82) is 0 Å². The highest BCUT2D eigenvalue weighted by Crippen LogP contribution is 2.18. The largest absolute Gasteiger partial charge is 0.497 e. The lowest BCUT2D eigenvalue weighted by atomic mass is 10.1. The first kappa shape index (κ1) is 11.5. The molecule has 3 rings (SSSR count). The molecule has 0 aliphatic heterocycles. The van der Waals surface area contributed by atoms with Gasteiger partial charge in [0.1, 0.15) is 11.3 Å². The first-order valence-corrected chi connectivity index (χ1v) is 5.74. The smallest absolute Gasteiger partial charge is 0.344 e. The summed E-state index contributed by atoms with van der Waals surface area (Å²) < 4.78 is 10.3. The quantitative estimate of drug-likeness (QED) is 0.668. The van der Waals surface area contributed by atoms with E-state index in [2.05, 4.69) is 0 Å². The molecule has 1 aromatic heterocycles. The summed E-state index contributed by atoms with van der Waals surface area (Å²) in [5.74, 6) is 0.533. The van der Waals surface area contributed by atoms with Gasteiger partial charge in [0.15, 0.2) is 5.43 Å². The molecule has 0 aliphatic carbocycles. The highest BCUT2D eigenvalue weighted by Gasteiger charge is 2.08. The first-order chi connectivity index (χ1) is 9.20. The van der Waals surface area contributed by atoms with Crippen molar-refractivity contribution < 1.29 is 9.15 Å². The third-order valence-corrected chi connectivity index (χ3v) is 3.03. The Morgan fingerprint density at radius 1 is 0.947 bits per heavy atom. The summed E-state index contributed by atoms with van der Waals surface area (Å²) in [4.78, 5) is 24.4. The van der Waals surface area contributed by atoms with Crippen LogP contribution in [-0.4, -0.2) is 7.11 Å². The van der Waals surface area contributed by atoms with Crippen LogP contribution in [-0.2, 0) is 0 Å². The maximum Gasteiger partial charge on any atom is 0.344 e. The van der Waals surface area contributed by atoms with E-state index >= 15 is 0 Å². The van der Waals surface area contributed by atoms with E-state index in [1.54, 1.807) is 36.4 Å². The van der Waals surface area contributed by atoms with Gasteiger partial charge in [0.2, 0.25) is 0 Å². The van der Waals surface area contributed by atoms with E-state index in [1.165, 1.54) is 13.2 Å². The second-order valence-corrected chi connectivity index (χ2v) is 4.13. The van der Waals surface area contributed by atoms with Crippen LogP contribution in [0.15, 0.2) is 56.5 Å². The van der Waals surface area contributed by atoms with Gasteiger partial charge in [-0.2, -0.15) is 0 Å². The first-order valence-electron chi connectivity index (χ1n) is 5.74. The van der Waals surface area contributed by atoms with Gasteiger partial charge in [-0.25, -0.2) is 4.79 Å².